The van der Waals surface area contributed by atoms with Crippen LogP contribution in [0.4, 0.5) is 0 Å². The van der Waals surface area contributed by atoms with E-state index in [-0.39, 0.29) is 11.0 Å². The van der Waals surface area contributed by atoms with Crippen molar-refractivity contribution in [1.82, 2.24) is 20.2 Å². The number of hydrogen-bond acceptors (Lipinski definition) is 6. The van der Waals surface area contributed by atoms with Gasteiger partial charge in [0.2, 0.25) is 5.16 Å². The van der Waals surface area contributed by atoms with Crippen LogP contribution in [-0.4, -0.2) is 33.0 Å². The first-order valence-electron chi connectivity index (χ1n) is 9.83. The highest BCUT2D eigenvalue weighted by Gasteiger charge is 2.17. The van der Waals surface area contributed by atoms with E-state index in [1.54, 1.807) is 10.7 Å². The van der Waals surface area contributed by atoms with Gasteiger partial charge in [0.05, 0.1) is 12.7 Å². The molecule has 0 radical (unpaired) electrons. The van der Waals surface area contributed by atoms with Gasteiger partial charge in [-0.05, 0) is 47.6 Å². The molecule has 0 aliphatic carbocycles. The van der Waals surface area contributed by atoms with Crippen LogP contribution in [0.2, 0.25) is 0 Å². The zero-order chi connectivity index (χ0) is 22.5. The van der Waals surface area contributed by atoms with E-state index in [1.807, 2.05) is 55.5 Å². The highest BCUT2D eigenvalue weighted by atomic mass is 32.2. The number of ether oxygens (including phenoxy) is 1. The highest BCUT2D eigenvalue weighted by Crippen LogP contribution is 2.26. The van der Waals surface area contributed by atoms with E-state index in [4.69, 9.17) is 17.0 Å². The first kappa shape index (κ1) is 21.8. The van der Waals surface area contributed by atoms with Crippen LogP contribution in [0.25, 0.3) is 10.8 Å². The summed E-state index contributed by atoms with van der Waals surface area (Å²) in [6, 6.07) is 21.5. The minimum absolute atomic E-state index is 0.134. The Balaban J connectivity index is 1.47. The van der Waals surface area contributed by atoms with Crippen LogP contribution in [0.5, 0.6) is 5.75 Å². The van der Waals surface area contributed by atoms with Gasteiger partial charge in [-0.25, -0.2) is 4.68 Å². The molecule has 0 saturated heterocycles. The van der Waals surface area contributed by atoms with Crippen LogP contribution in [-0.2, 0) is 5.75 Å². The quantitative estimate of drug-likeness (QED) is 0.326. The Morgan fingerprint density at radius 2 is 1.75 bits per heavy atom. The molecule has 1 aromatic heterocycles. The maximum absolute atomic E-state index is 12.9. The van der Waals surface area contributed by atoms with Crippen LogP contribution in [0, 0.1) is 6.92 Å². The van der Waals surface area contributed by atoms with Crippen LogP contribution in [0.15, 0.2) is 71.9 Å². The number of carbonyl (C=O) groups is 1. The van der Waals surface area contributed by atoms with Crippen molar-refractivity contribution in [2.24, 2.45) is 0 Å². The number of thioether (sulfide) groups is 1. The largest absolute Gasteiger partial charge is 0.496 e. The minimum atomic E-state index is -0.366. The van der Waals surface area contributed by atoms with E-state index in [9.17, 15) is 4.79 Å². The van der Waals surface area contributed by atoms with E-state index < -0.39 is 0 Å². The van der Waals surface area contributed by atoms with E-state index in [0.717, 1.165) is 16.5 Å². The van der Waals surface area contributed by atoms with E-state index in [0.29, 0.717) is 22.3 Å². The number of carbonyl (C=O) groups excluding carboxylic acids is 1. The fourth-order valence-corrected chi connectivity index (χ4v) is 4.23. The van der Waals surface area contributed by atoms with Gasteiger partial charge in [0.15, 0.2) is 5.11 Å². The molecule has 9 heteroatoms. The summed E-state index contributed by atoms with van der Waals surface area (Å²) in [5.74, 6) is 1.46. The Kier molecular flexibility index (Phi) is 6.67. The second-order valence-electron chi connectivity index (χ2n) is 6.93. The normalized spacial score (nSPS) is 10.7. The first-order valence-corrected chi connectivity index (χ1v) is 11.2. The topological polar surface area (TPSA) is 81.1 Å². The average molecular weight is 464 g/mol. The number of thiocarbonyl (C=S) groups is 1. The molecule has 4 aromatic rings. The lowest BCUT2D eigenvalue weighted by Gasteiger charge is -2.14. The first-order chi connectivity index (χ1) is 15.5. The second-order valence-corrected chi connectivity index (χ2v) is 8.28. The Bertz CT molecular complexity index is 1270. The van der Waals surface area contributed by atoms with Crippen LogP contribution >= 0.6 is 24.0 Å². The number of rotatable bonds is 6. The van der Waals surface area contributed by atoms with Crippen LogP contribution in [0.3, 0.4) is 0 Å². The molecule has 0 unspecified atom stereocenters. The maximum Gasteiger partial charge on any atom is 0.261 e. The van der Waals surface area contributed by atoms with Gasteiger partial charge in [-0.1, -0.05) is 66.4 Å². The number of benzene rings is 3. The number of aromatic nitrogens is 3. The van der Waals surface area contributed by atoms with Crippen molar-refractivity contribution in [2.45, 2.75) is 17.8 Å². The lowest BCUT2D eigenvalue weighted by Crippen LogP contribution is -2.38. The van der Waals surface area contributed by atoms with Crippen LogP contribution in [0.1, 0.15) is 21.7 Å². The number of nitrogens with one attached hydrogen (secondary N) is 2. The summed E-state index contributed by atoms with van der Waals surface area (Å²) in [7, 11) is 1.54. The lowest BCUT2D eigenvalue weighted by atomic mass is 10.1. The molecule has 0 spiro atoms. The maximum atomic E-state index is 12.9. The standard InChI is InChI=1S/C23H21N5O2S2/c1-15-25-26-23(32-14-16-8-4-3-5-9-16)28(15)27-22(31)24-21(29)19-12-17-10-6-7-11-18(17)13-20(19)30-2/h3-13H,14H2,1-2H3,(H2,24,27,29,31). The Morgan fingerprint density at radius 3 is 2.47 bits per heavy atom. The second kappa shape index (κ2) is 9.80. The van der Waals surface area contributed by atoms with Crippen molar-refractivity contribution < 1.29 is 9.53 Å². The van der Waals surface area contributed by atoms with E-state index >= 15 is 0 Å². The molecule has 0 fully saturated rings. The molecule has 32 heavy (non-hydrogen) atoms. The predicted molar refractivity (Wildman–Crippen MR) is 131 cm³/mol. The Morgan fingerprint density at radius 1 is 1.06 bits per heavy atom. The number of amides is 1. The van der Waals surface area contributed by atoms with E-state index in [2.05, 4.69) is 33.1 Å². The Labute approximate surface area is 195 Å². The summed E-state index contributed by atoms with van der Waals surface area (Å²) in [6.07, 6.45) is 0. The summed E-state index contributed by atoms with van der Waals surface area (Å²) in [6.45, 7) is 1.81. The smallest absolute Gasteiger partial charge is 0.261 e. The summed E-state index contributed by atoms with van der Waals surface area (Å²) in [4.78, 5) is 12.9. The number of hydrogen-bond donors (Lipinski definition) is 2. The molecule has 7 nitrogen and oxygen atoms in total. The number of fused-ring (bicyclic) bond motifs is 1. The third-order valence-corrected chi connectivity index (χ3v) is 5.95. The molecule has 1 heterocycles. The highest BCUT2D eigenvalue weighted by molar-refractivity contribution is 7.98. The average Bonchev–Trinajstić information content (AvgIpc) is 3.16. The van der Waals surface area contributed by atoms with Gasteiger partial charge >= 0.3 is 0 Å². The van der Waals surface area contributed by atoms with Crippen molar-refractivity contribution >= 4 is 45.8 Å². The van der Waals surface area contributed by atoms with Gasteiger partial charge in [0.25, 0.3) is 5.91 Å². The number of nitrogens with zero attached hydrogens (tertiary/aromatic N) is 3. The fourth-order valence-electron chi connectivity index (χ4n) is 3.15. The summed E-state index contributed by atoms with van der Waals surface area (Å²) in [5.41, 5.74) is 4.57. The molecule has 162 valence electrons. The molecule has 0 saturated carbocycles. The fraction of sp³-hybridized carbons (Fsp3) is 0.130. The molecule has 1 amide bonds. The molecule has 2 N–H and O–H groups in total. The minimum Gasteiger partial charge on any atom is -0.496 e. The third kappa shape index (κ3) is 4.90. The van der Waals surface area contributed by atoms with Gasteiger partial charge in [-0.2, -0.15) is 0 Å². The van der Waals surface area contributed by atoms with Gasteiger partial charge < -0.3 is 4.74 Å². The van der Waals surface area contributed by atoms with Gasteiger partial charge in [0, 0.05) is 5.75 Å². The van der Waals surface area contributed by atoms with Crippen LogP contribution < -0.4 is 15.5 Å². The third-order valence-electron chi connectivity index (χ3n) is 4.76. The van der Waals surface area contributed by atoms with E-state index in [1.165, 1.54) is 24.4 Å². The molecule has 0 aliphatic heterocycles. The SMILES string of the molecule is COc1cc2ccccc2cc1C(=O)NC(=S)Nn1c(C)nnc1SCc1ccccc1. The van der Waals surface area contributed by atoms with Gasteiger partial charge in [0.1, 0.15) is 11.6 Å². The number of methoxy groups -OCH3 is 1. The van der Waals surface area contributed by atoms with Crippen molar-refractivity contribution in [2.75, 3.05) is 12.5 Å². The van der Waals surface area contributed by atoms with Crippen molar-refractivity contribution in [3.8, 4) is 5.75 Å². The molecule has 0 aliphatic rings. The van der Waals surface area contributed by atoms with Crippen molar-refractivity contribution in [3.63, 3.8) is 0 Å². The molecule has 4 rings (SSSR count). The van der Waals surface area contributed by atoms with Gasteiger partial charge in [-0.15, -0.1) is 10.2 Å². The molecule has 0 bridgehead atoms. The lowest BCUT2D eigenvalue weighted by molar-refractivity contribution is 0.0974. The zero-order valence-corrected chi connectivity index (χ0v) is 19.2. The predicted octanol–water partition coefficient (Wildman–Crippen LogP) is 4.30. The molecular formula is C23H21N5O2S2. The van der Waals surface area contributed by atoms with Gasteiger partial charge in [-0.3, -0.25) is 15.5 Å². The van der Waals surface area contributed by atoms with Crippen molar-refractivity contribution in [3.05, 3.63) is 83.7 Å². The summed E-state index contributed by atoms with van der Waals surface area (Å²) in [5, 5.41) is 13.7. The molecular weight excluding hydrogens is 442 g/mol. The number of aryl methyl sites for hydroxylation is 1. The van der Waals surface area contributed by atoms with Crippen molar-refractivity contribution in [1.29, 1.82) is 0 Å². The molecule has 3 aromatic carbocycles. The summed E-state index contributed by atoms with van der Waals surface area (Å²) < 4.78 is 7.08. The molecule has 0 atom stereocenters. The Hall–Kier alpha value is -3.43. The summed E-state index contributed by atoms with van der Waals surface area (Å²) >= 11 is 6.90. The monoisotopic (exact) mass is 463 g/mol. The zero-order valence-electron chi connectivity index (χ0n) is 17.5.